The quantitative estimate of drug-likeness (QED) is 0.287. The van der Waals surface area contributed by atoms with Gasteiger partial charge in [-0.2, -0.15) is 0 Å². The molecule has 5 heteroatoms. The van der Waals surface area contributed by atoms with Crippen LogP contribution in [0.3, 0.4) is 0 Å². The van der Waals surface area contributed by atoms with Crippen LogP contribution in [-0.4, -0.2) is 40.4 Å². The van der Waals surface area contributed by atoms with Gasteiger partial charge in [-0.05, 0) is 59.9 Å². The number of pyridine rings is 1. The Bertz CT molecular complexity index is 380. The van der Waals surface area contributed by atoms with Gasteiger partial charge in [0.15, 0.2) is 0 Å². The zero-order chi connectivity index (χ0) is 14.8. The first-order valence-electron chi connectivity index (χ1n) is 7.89. The molecule has 0 spiro atoms. The second-order valence-corrected chi connectivity index (χ2v) is 8.88. The third-order valence-corrected chi connectivity index (χ3v) is 6.33. The topological polar surface area (TPSA) is 16.1 Å². The van der Waals surface area contributed by atoms with Gasteiger partial charge in [0.1, 0.15) is 0 Å². The predicted molar refractivity (Wildman–Crippen MR) is 104 cm³/mol. The molecule has 118 valence electrons. The minimum absolute atomic E-state index is 1.17. The van der Waals surface area contributed by atoms with Gasteiger partial charge in [0.2, 0.25) is 0 Å². The highest BCUT2D eigenvalue weighted by atomic mass is 127. The molecular formula is C16H25IN2S2. The van der Waals surface area contributed by atoms with Gasteiger partial charge in [-0.15, -0.1) is 23.5 Å². The summed E-state index contributed by atoms with van der Waals surface area (Å²) in [4.78, 5) is 7.02. The Morgan fingerprint density at radius 2 is 1.95 bits per heavy atom. The van der Waals surface area contributed by atoms with Crippen molar-refractivity contribution >= 4 is 46.1 Å². The molecule has 0 atom stereocenters. The standard InChI is InChI=1S/C16H25IN2S2/c17-15-7-8-16(18-13-15)21-11-6-4-2-1-3-5-9-19-10-12-20-14-19/h7-8,13H,1-6,9-12,14H2. The Balaban J connectivity index is 1.37. The molecule has 0 aliphatic carbocycles. The summed E-state index contributed by atoms with van der Waals surface area (Å²) in [5.74, 6) is 3.81. The molecule has 2 nitrogen and oxygen atoms in total. The monoisotopic (exact) mass is 436 g/mol. The smallest absolute Gasteiger partial charge is 0.0960 e. The molecule has 2 heterocycles. The maximum atomic E-state index is 4.42. The summed E-state index contributed by atoms with van der Waals surface area (Å²) in [6.45, 7) is 2.63. The number of rotatable bonds is 10. The lowest BCUT2D eigenvalue weighted by atomic mass is 10.1. The van der Waals surface area contributed by atoms with Gasteiger partial charge in [-0.25, -0.2) is 4.98 Å². The van der Waals surface area contributed by atoms with Crippen molar-refractivity contribution in [1.82, 2.24) is 9.88 Å². The lowest BCUT2D eigenvalue weighted by Gasteiger charge is -2.12. The van der Waals surface area contributed by atoms with Gasteiger partial charge < -0.3 is 0 Å². The number of aromatic nitrogens is 1. The lowest BCUT2D eigenvalue weighted by Crippen LogP contribution is -2.20. The number of hydrogen-bond acceptors (Lipinski definition) is 4. The zero-order valence-corrected chi connectivity index (χ0v) is 16.4. The molecule has 1 aromatic rings. The average Bonchev–Trinajstić information content (AvgIpc) is 3.01. The van der Waals surface area contributed by atoms with E-state index < -0.39 is 0 Å². The Hall–Kier alpha value is 0.540. The van der Waals surface area contributed by atoms with Gasteiger partial charge in [-0.3, -0.25) is 4.90 Å². The van der Waals surface area contributed by atoms with Crippen LogP contribution in [0.2, 0.25) is 0 Å². The van der Waals surface area contributed by atoms with Crippen molar-refractivity contribution in [1.29, 1.82) is 0 Å². The number of thioether (sulfide) groups is 2. The molecule has 1 aromatic heterocycles. The van der Waals surface area contributed by atoms with Crippen molar-refractivity contribution in [2.24, 2.45) is 0 Å². The van der Waals surface area contributed by atoms with Crippen molar-refractivity contribution in [2.75, 3.05) is 30.5 Å². The molecule has 1 aliphatic rings. The molecule has 1 aliphatic heterocycles. The van der Waals surface area contributed by atoms with Crippen LogP contribution >= 0.6 is 46.1 Å². The van der Waals surface area contributed by atoms with E-state index in [-0.39, 0.29) is 0 Å². The maximum Gasteiger partial charge on any atom is 0.0960 e. The number of halogens is 1. The molecule has 21 heavy (non-hydrogen) atoms. The van der Waals surface area contributed by atoms with Crippen LogP contribution in [0.4, 0.5) is 0 Å². The molecule has 0 radical (unpaired) electrons. The number of unbranched alkanes of at least 4 members (excludes halogenated alkanes) is 5. The largest absolute Gasteiger partial charge is 0.293 e. The molecule has 0 N–H and O–H groups in total. The van der Waals surface area contributed by atoms with Gasteiger partial charge in [-0.1, -0.05) is 25.7 Å². The zero-order valence-electron chi connectivity index (χ0n) is 12.6. The number of hydrogen-bond donors (Lipinski definition) is 0. The normalized spacial score (nSPS) is 15.7. The summed E-state index contributed by atoms with van der Waals surface area (Å²) in [5, 5.41) is 1.17. The number of nitrogens with zero attached hydrogens (tertiary/aromatic N) is 2. The second-order valence-electron chi connectivity index (χ2n) is 5.44. The first-order valence-corrected chi connectivity index (χ1v) is 11.1. The van der Waals surface area contributed by atoms with E-state index >= 15 is 0 Å². The fourth-order valence-electron chi connectivity index (χ4n) is 2.40. The molecular weight excluding hydrogens is 411 g/mol. The fourth-order valence-corrected chi connectivity index (χ4v) is 4.60. The van der Waals surface area contributed by atoms with Crippen LogP contribution in [0.5, 0.6) is 0 Å². The van der Waals surface area contributed by atoms with Crippen LogP contribution in [0, 0.1) is 3.57 Å². The van der Waals surface area contributed by atoms with Crippen LogP contribution in [0.15, 0.2) is 23.4 Å². The van der Waals surface area contributed by atoms with Gasteiger partial charge in [0.25, 0.3) is 0 Å². The molecule has 2 rings (SSSR count). The predicted octanol–water partition coefficient (Wildman–Crippen LogP) is 5.13. The molecule has 0 saturated carbocycles. The second kappa shape index (κ2) is 11.1. The van der Waals surface area contributed by atoms with E-state index in [1.165, 1.54) is 77.6 Å². The molecule has 0 unspecified atom stereocenters. The third-order valence-electron chi connectivity index (χ3n) is 3.64. The molecule has 0 amide bonds. The van der Waals surface area contributed by atoms with Crippen molar-refractivity contribution in [2.45, 2.75) is 43.6 Å². The van der Waals surface area contributed by atoms with E-state index in [0.29, 0.717) is 0 Å². The summed E-state index contributed by atoms with van der Waals surface area (Å²) in [6.07, 6.45) is 10.2. The molecule has 0 bridgehead atoms. The van der Waals surface area contributed by atoms with Crippen LogP contribution < -0.4 is 0 Å². The van der Waals surface area contributed by atoms with E-state index in [4.69, 9.17) is 0 Å². The minimum Gasteiger partial charge on any atom is -0.293 e. The van der Waals surface area contributed by atoms with Crippen molar-refractivity contribution < 1.29 is 0 Å². The summed E-state index contributed by atoms with van der Waals surface area (Å²) < 4.78 is 1.21. The lowest BCUT2D eigenvalue weighted by molar-refractivity contribution is 0.343. The van der Waals surface area contributed by atoms with Gasteiger partial charge >= 0.3 is 0 Å². The van der Waals surface area contributed by atoms with E-state index in [1.807, 2.05) is 18.0 Å². The third kappa shape index (κ3) is 8.09. The summed E-state index contributed by atoms with van der Waals surface area (Å²) in [6, 6.07) is 4.26. The summed E-state index contributed by atoms with van der Waals surface area (Å²) in [7, 11) is 0. The van der Waals surface area contributed by atoms with Gasteiger partial charge in [0, 0.05) is 27.9 Å². The van der Waals surface area contributed by atoms with E-state index in [9.17, 15) is 0 Å². The van der Waals surface area contributed by atoms with Crippen molar-refractivity contribution in [3.63, 3.8) is 0 Å². The summed E-state index contributed by atoms with van der Waals surface area (Å²) in [5.41, 5.74) is 0. The summed E-state index contributed by atoms with van der Waals surface area (Å²) >= 11 is 6.27. The first-order chi connectivity index (χ1) is 10.3. The van der Waals surface area contributed by atoms with Crippen LogP contribution in [-0.2, 0) is 0 Å². The van der Waals surface area contributed by atoms with E-state index in [2.05, 4.69) is 56.4 Å². The molecule has 1 fully saturated rings. The van der Waals surface area contributed by atoms with E-state index in [1.54, 1.807) is 0 Å². The minimum atomic E-state index is 1.17. The maximum absolute atomic E-state index is 4.42. The highest BCUT2D eigenvalue weighted by molar-refractivity contribution is 14.1. The molecule has 1 saturated heterocycles. The SMILES string of the molecule is Ic1ccc(SCCCCCCCCN2CCSC2)nc1. The van der Waals surface area contributed by atoms with Crippen molar-refractivity contribution in [3.05, 3.63) is 21.9 Å². The highest BCUT2D eigenvalue weighted by Gasteiger charge is 2.10. The van der Waals surface area contributed by atoms with Crippen LogP contribution in [0.25, 0.3) is 0 Å². The van der Waals surface area contributed by atoms with Crippen molar-refractivity contribution in [3.8, 4) is 0 Å². The Morgan fingerprint density at radius 3 is 2.67 bits per heavy atom. The Morgan fingerprint density at radius 1 is 1.14 bits per heavy atom. The van der Waals surface area contributed by atoms with E-state index in [0.717, 1.165) is 0 Å². The Labute approximate surface area is 151 Å². The first kappa shape index (κ1) is 17.9. The van der Waals surface area contributed by atoms with Crippen LogP contribution in [0.1, 0.15) is 38.5 Å². The highest BCUT2D eigenvalue weighted by Crippen LogP contribution is 2.19. The Kier molecular flexibility index (Phi) is 9.48. The average molecular weight is 436 g/mol. The van der Waals surface area contributed by atoms with Gasteiger partial charge in [0.05, 0.1) is 5.03 Å². The molecule has 0 aromatic carbocycles. The fraction of sp³-hybridized carbons (Fsp3) is 0.688.